The molecular weight excluding hydrogens is 372 g/mol. The summed E-state index contributed by atoms with van der Waals surface area (Å²) in [6, 6.07) is 14.3. The fourth-order valence-electron chi connectivity index (χ4n) is 3.65. The molecule has 0 aromatic heterocycles. The molecule has 3 rings (SSSR count). The van der Waals surface area contributed by atoms with E-state index in [1.807, 2.05) is 31.2 Å². The van der Waals surface area contributed by atoms with Crippen molar-refractivity contribution in [2.45, 2.75) is 49.7 Å². The molecule has 2 aromatic carbocycles. The number of aryl methyl sites for hydroxylation is 1. The van der Waals surface area contributed by atoms with E-state index in [0.717, 1.165) is 30.8 Å². The van der Waals surface area contributed by atoms with Crippen LogP contribution in [0.15, 0.2) is 53.4 Å². The lowest BCUT2D eigenvalue weighted by molar-refractivity contribution is -0.120. The van der Waals surface area contributed by atoms with Gasteiger partial charge in [0.2, 0.25) is 5.91 Å². The van der Waals surface area contributed by atoms with Crippen LogP contribution in [0, 0.1) is 6.92 Å². The summed E-state index contributed by atoms with van der Waals surface area (Å²) >= 11 is 0. The van der Waals surface area contributed by atoms with Gasteiger partial charge in [0.25, 0.3) is 0 Å². The molecule has 0 aliphatic heterocycles. The van der Waals surface area contributed by atoms with E-state index in [9.17, 15) is 13.2 Å². The lowest BCUT2D eigenvalue weighted by atomic mass is 9.83. The quantitative estimate of drug-likeness (QED) is 0.757. The van der Waals surface area contributed by atoms with Gasteiger partial charge >= 0.3 is 0 Å². The molecule has 1 fully saturated rings. The summed E-state index contributed by atoms with van der Waals surface area (Å²) in [6.45, 7) is 7.90. The molecule has 150 valence electrons. The third-order valence-corrected chi connectivity index (χ3v) is 8.19. The molecule has 1 aliphatic carbocycles. The molecule has 0 spiro atoms. The van der Waals surface area contributed by atoms with Crippen molar-refractivity contribution in [3.05, 3.63) is 54.1 Å². The number of nitrogens with one attached hydrogen (secondary N) is 1. The van der Waals surface area contributed by atoms with Gasteiger partial charge in [0.15, 0.2) is 14.6 Å². The molecule has 2 aromatic rings. The summed E-state index contributed by atoms with van der Waals surface area (Å²) in [5.41, 5.74) is 2.68. The second-order valence-electron chi connectivity index (χ2n) is 7.34. The minimum absolute atomic E-state index is 0.213. The Bertz CT molecular complexity index is 927. The van der Waals surface area contributed by atoms with Crippen LogP contribution in [0.5, 0.6) is 0 Å². The molecule has 1 amide bonds. The number of hydrogen-bond acceptors (Lipinski definition) is 4. The van der Waals surface area contributed by atoms with Crippen LogP contribution in [0.3, 0.4) is 0 Å². The number of benzene rings is 2. The molecule has 0 saturated heterocycles. The Labute approximate surface area is 167 Å². The van der Waals surface area contributed by atoms with Gasteiger partial charge in [-0.1, -0.05) is 17.7 Å². The fourth-order valence-corrected chi connectivity index (χ4v) is 5.71. The molecule has 0 bridgehead atoms. The average molecular weight is 401 g/mol. The first kappa shape index (κ1) is 20.4. The van der Waals surface area contributed by atoms with Crippen LogP contribution < -0.4 is 10.2 Å². The molecule has 5 nitrogen and oxygen atoms in total. The van der Waals surface area contributed by atoms with Crippen LogP contribution in [0.2, 0.25) is 0 Å². The molecular formula is C22H28N2O3S. The van der Waals surface area contributed by atoms with Crippen LogP contribution in [-0.4, -0.2) is 32.2 Å². The summed E-state index contributed by atoms with van der Waals surface area (Å²) < 4.78 is 25.1. The van der Waals surface area contributed by atoms with Gasteiger partial charge in [-0.3, -0.25) is 4.79 Å². The van der Waals surface area contributed by atoms with Gasteiger partial charge in [0, 0.05) is 24.5 Å². The number of rotatable bonds is 7. The Morgan fingerprint density at radius 3 is 2.04 bits per heavy atom. The van der Waals surface area contributed by atoms with Crippen molar-refractivity contribution < 1.29 is 13.2 Å². The topological polar surface area (TPSA) is 66.5 Å². The van der Waals surface area contributed by atoms with Gasteiger partial charge < -0.3 is 10.2 Å². The highest BCUT2D eigenvalue weighted by Crippen LogP contribution is 2.43. The SMILES string of the molecule is CCN(CC)c1ccc(NC(=O)C2(S(=O)(=O)c3ccc(C)cc3)CCC2)cc1. The van der Waals surface area contributed by atoms with E-state index >= 15 is 0 Å². The first-order valence-electron chi connectivity index (χ1n) is 9.82. The Morgan fingerprint density at radius 2 is 1.57 bits per heavy atom. The summed E-state index contributed by atoms with van der Waals surface area (Å²) in [5.74, 6) is -0.435. The number of anilines is 2. The van der Waals surface area contributed by atoms with Crippen molar-refractivity contribution >= 4 is 27.1 Å². The van der Waals surface area contributed by atoms with Crippen LogP contribution in [-0.2, 0) is 14.6 Å². The first-order valence-corrected chi connectivity index (χ1v) is 11.3. The van der Waals surface area contributed by atoms with E-state index in [4.69, 9.17) is 0 Å². The van der Waals surface area contributed by atoms with E-state index in [2.05, 4.69) is 24.1 Å². The molecule has 1 N–H and O–H groups in total. The molecule has 0 unspecified atom stereocenters. The lowest BCUT2D eigenvalue weighted by Crippen LogP contribution is -2.54. The number of nitrogens with zero attached hydrogens (tertiary/aromatic N) is 1. The van der Waals surface area contributed by atoms with Gasteiger partial charge in [-0.15, -0.1) is 0 Å². The van der Waals surface area contributed by atoms with Gasteiger partial charge in [-0.05, 0) is 76.4 Å². The predicted octanol–water partition coefficient (Wildman–Crippen LogP) is 4.18. The minimum Gasteiger partial charge on any atom is -0.372 e. The van der Waals surface area contributed by atoms with Crippen molar-refractivity contribution in [3.63, 3.8) is 0 Å². The van der Waals surface area contributed by atoms with Gasteiger partial charge in [0.1, 0.15) is 0 Å². The normalized spacial score (nSPS) is 15.5. The van der Waals surface area contributed by atoms with Crippen molar-refractivity contribution in [2.24, 2.45) is 0 Å². The fraction of sp³-hybridized carbons (Fsp3) is 0.409. The summed E-state index contributed by atoms with van der Waals surface area (Å²) in [7, 11) is -3.75. The number of amides is 1. The number of hydrogen-bond donors (Lipinski definition) is 1. The maximum absolute atomic E-state index is 13.2. The van der Waals surface area contributed by atoms with Crippen LogP contribution in [0.4, 0.5) is 11.4 Å². The van der Waals surface area contributed by atoms with Crippen molar-refractivity contribution in [1.82, 2.24) is 0 Å². The highest BCUT2D eigenvalue weighted by Gasteiger charge is 2.55. The highest BCUT2D eigenvalue weighted by atomic mass is 32.2. The molecule has 1 saturated carbocycles. The molecule has 28 heavy (non-hydrogen) atoms. The van der Waals surface area contributed by atoms with E-state index in [0.29, 0.717) is 18.5 Å². The summed E-state index contributed by atoms with van der Waals surface area (Å²) in [4.78, 5) is 15.5. The predicted molar refractivity (Wildman–Crippen MR) is 114 cm³/mol. The Kier molecular flexibility index (Phi) is 5.79. The molecule has 6 heteroatoms. The maximum Gasteiger partial charge on any atom is 0.246 e. The van der Waals surface area contributed by atoms with Gasteiger partial charge in [-0.2, -0.15) is 0 Å². The van der Waals surface area contributed by atoms with Crippen LogP contribution >= 0.6 is 0 Å². The van der Waals surface area contributed by atoms with Crippen molar-refractivity contribution in [1.29, 1.82) is 0 Å². The zero-order valence-corrected chi connectivity index (χ0v) is 17.6. The van der Waals surface area contributed by atoms with Gasteiger partial charge in [-0.25, -0.2) is 8.42 Å². The van der Waals surface area contributed by atoms with E-state index in [-0.39, 0.29) is 4.90 Å². The van der Waals surface area contributed by atoms with Crippen LogP contribution in [0.25, 0.3) is 0 Å². The zero-order valence-electron chi connectivity index (χ0n) is 16.7. The third-order valence-electron chi connectivity index (χ3n) is 5.67. The summed E-state index contributed by atoms with van der Waals surface area (Å²) in [6.07, 6.45) is 1.44. The standard InChI is InChI=1S/C22H28N2O3S/c1-4-24(5-2)19-11-9-18(10-12-19)23-21(25)22(15-6-16-22)28(26,27)20-13-7-17(3)8-14-20/h7-14H,4-6,15-16H2,1-3H3,(H,23,25). The first-order chi connectivity index (χ1) is 13.3. The maximum atomic E-state index is 13.2. The number of carbonyl (C=O) groups excluding carboxylic acids is 1. The molecule has 0 atom stereocenters. The zero-order chi connectivity index (χ0) is 20.4. The second-order valence-corrected chi connectivity index (χ2v) is 9.60. The largest absolute Gasteiger partial charge is 0.372 e. The highest BCUT2D eigenvalue weighted by molar-refractivity contribution is 7.93. The van der Waals surface area contributed by atoms with Crippen molar-refractivity contribution in [2.75, 3.05) is 23.3 Å². The monoisotopic (exact) mass is 400 g/mol. The van der Waals surface area contributed by atoms with Gasteiger partial charge in [0.05, 0.1) is 4.90 Å². The Morgan fingerprint density at radius 1 is 1.00 bits per heavy atom. The smallest absolute Gasteiger partial charge is 0.246 e. The second kappa shape index (κ2) is 7.95. The minimum atomic E-state index is -3.75. The number of sulfone groups is 1. The van der Waals surface area contributed by atoms with E-state index in [1.165, 1.54) is 0 Å². The Hall–Kier alpha value is -2.34. The van der Waals surface area contributed by atoms with E-state index < -0.39 is 20.5 Å². The lowest BCUT2D eigenvalue weighted by Gasteiger charge is -2.39. The summed E-state index contributed by atoms with van der Waals surface area (Å²) in [5, 5.41) is 2.84. The molecule has 0 radical (unpaired) electrons. The van der Waals surface area contributed by atoms with Crippen molar-refractivity contribution in [3.8, 4) is 0 Å². The third kappa shape index (κ3) is 3.53. The average Bonchev–Trinajstić information content (AvgIpc) is 2.63. The van der Waals surface area contributed by atoms with E-state index in [1.54, 1.807) is 24.3 Å². The molecule has 1 aliphatic rings. The Balaban J connectivity index is 1.83. The molecule has 0 heterocycles. The number of carbonyl (C=O) groups is 1. The van der Waals surface area contributed by atoms with Crippen LogP contribution in [0.1, 0.15) is 38.7 Å².